The number of carbonyl (C=O) groups is 1. The molecule has 24 heavy (non-hydrogen) atoms. The summed E-state index contributed by atoms with van der Waals surface area (Å²) >= 11 is 0. The molecule has 1 aromatic rings. The highest BCUT2D eigenvalue weighted by atomic mass is 32.2. The van der Waals surface area contributed by atoms with Crippen LogP contribution in [0, 0.1) is 5.92 Å². The molecule has 2 aliphatic rings. The Morgan fingerprint density at radius 2 is 2.12 bits per heavy atom. The molecule has 0 aromatic heterocycles. The second kappa shape index (κ2) is 7.98. The van der Waals surface area contributed by atoms with Gasteiger partial charge in [0.2, 0.25) is 5.91 Å². The van der Waals surface area contributed by atoms with Crippen LogP contribution < -0.4 is 20.1 Å². The Morgan fingerprint density at radius 3 is 2.92 bits per heavy atom. The molecule has 6 nitrogen and oxygen atoms in total. The number of piperidine rings is 1. The fourth-order valence-electron chi connectivity index (χ4n) is 2.98. The molecule has 1 aromatic carbocycles. The van der Waals surface area contributed by atoms with Crippen molar-refractivity contribution in [1.29, 1.82) is 0 Å². The Kier molecular flexibility index (Phi) is 5.73. The third kappa shape index (κ3) is 4.27. The molecule has 1 saturated heterocycles. The lowest BCUT2D eigenvalue weighted by atomic mass is 9.95. The number of carbonyl (C=O) groups excluding carboxylic acids is 1. The third-order valence-corrected chi connectivity index (χ3v) is 5.78. The third-order valence-electron chi connectivity index (χ3n) is 4.42. The number of rotatable bonds is 5. The number of fused-ring (bicyclic) bond motifs is 1. The van der Waals surface area contributed by atoms with Crippen molar-refractivity contribution >= 4 is 16.7 Å². The molecule has 0 saturated carbocycles. The van der Waals surface area contributed by atoms with Gasteiger partial charge in [0, 0.05) is 29.2 Å². The maximum Gasteiger partial charge on any atom is 0.221 e. The first-order valence-corrected chi connectivity index (χ1v) is 9.73. The van der Waals surface area contributed by atoms with E-state index in [-0.39, 0.29) is 18.4 Å². The molecular weight excluding hydrogens is 328 g/mol. The van der Waals surface area contributed by atoms with Gasteiger partial charge in [-0.2, -0.15) is 0 Å². The molecule has 0 bridgehead atoms. The van der Waals surface area contributed by atoms with Crippen LogP contribution in [0.3, 0.4) is 0 Å². The van der Waals surface area contributed by atoms with Gasteiger partial charge >= 0.3 is 0 Å². The molecule has 3 rings (SSSR count). The standard InChI is InChI=1S/C17H24N2O4S/c1-12-11-18-6-4-14(12)19-17(20)5-9-24(21)13-2-3-15-16(10-13)23-8-7-22-15/h2-3,10,12,14,18H,4-9,11H2,1H3,(H,19,20). The Labute approximate surface area is 144 Å². The maximum absolute atomic E-state index is 12.4. The van der Waals surface area contributed by atoms with Crippen molar-refractivity contribution in [2.75, 3.05) is 32.1 Å². The van der Waals surface area contributed by atoms with E-state index in [0.29, 0.717) is 41.3 Å². The fourth-order valence-corrected chi connectivity index (χ4v) is 4.04. The van der Waals surface area contributed by atoms with Gasteiger partial charge in [0.25, 0.3) is 0 Å². The van der Waals surface area contributed by atoms with Crippen LogP contribution >= 0.6 is 0 Å². The van der Waals surface area contributed by atoms with E-state index in [2.05, 4.69) is 17.6 Å². The number of hydrogen-bond donors (Lipinski definition) is 2. The van der Waals surface area contributed by atoms with E-state index < -0.39 is 10.8 Å². The van der Waals surface area contributed by atoms with Gasteiger partial charge in [-0.25, -0.2) is 0 Å². The van der Waals surface area contributed by atoms with Gasteiger partial charge in [-0.1, -0.05) is 6.92 Å². The Bertz CT molecular complexity index is 623. The number of hydrogen-bond acceptors (Lipinski definition) is 5. The van der Waals surface area contributed by atoms with E-state index in [1.165, 1.54) is 0 Å². The molecule has 1 fully saturated rings. The number of nitrogens with one attached hydrogen (secondary N) is 2. The summed E-state index contributed by atoms with van der Waals surface area (Å²) in [5, 5.41) is 6.38. The summed E-state index contributed by atoms with van der Waals surface area (Å²) in [5.41, 5.74) is 0. The van der Waals surface area contributed by atoms with Crippen molar-refractivity contribution in [2.45, 2.75) is 30.7 Å². The van der Waals surface area contributed by atoms with Gasteiger partial charge < -0.3 is 20.1 Å². The summed E-state index contributed by atoms with van der Waals surface area (Å²) < 4.78 is 23.4. The van der Waals surface area contributed by atoms with Crippen molar-refractivity contribution in [3.05, 3.63) is 18.2 Å². The van der Waals surface area contributed by atoms with Crippen LogP contribution in [0.4, 0.5) is 0 Å². The van der Waals surface area contributed by atoms with Crippen LogP contribution in [0.1, 0.15) is 19.8 Å². The van der Waals surface area contributed by atoms with E-state index >= 15 is 0 Å². The van der Waals surface area contributed by atoms with Crippen molar-refractivity contribution in [1.82, 2.24) is 10.6 Å². The second-order valence-corrected chi connectivity index (χ2v) is 7.82. The highest BCUT2D eigenvalue weighted by molar-refractivity contribution is 7.85. The predicted molar refractivity (Wildman–Crippen MR) is 91.9 cm³/mol. The highest BCUT2D eigenvalue weighted by Gasteiger charge is 2.22. The van der Waals surface area contributed by atoms with Gasteiger partial charge in [-0.05, 0) is 37.6 Å². The van der Waals surface area contributed by atoms with Crippen LogP contribution in [0.15, 0.2) is 23.1 Å². The number of benzene rings is 1. The normalized spacial score (nSPS) is 24.2. The minimum atomic E-state index is -1.23. The molecule has 7 heteroatoms. The lowest BCUT2D eigenvalue weighted by Crippen LogP contribution is -2.48. The summed E-state index contributed by atoms with van der Waals surface area (Å²) in [4.78, 5) is 12.8. The van der Waals surface area contributed by atoms with E-state index in [4.69, 9.17) is 9.47 Å². The van der Waals surface area contributed by atoms with E-state index in [9.17, 15) is 9.00 Å². The van der Waals surface area contributed by atoms with Crippen molar-refractivity contribution in [2.24, 2.45) is 5.92 Å². The average molecular weight is 352 g/mol. The summed E-state index contributed by atoms with van der Waals surface area (Å²) in [6, 6.07) is 5.51. The van der Waals surface area contributed by atoms with Gasteiger partial charge in [-0.3, -0.25) is 9.00 Å². The summed E-state index contributed by atoms with van der Waals surface area (Å²) in [7, 11) is -1.23. The number of amides is 1. The van der Waals surface area contributed by atoms with E-state index in [1.807, 2.05) is 0 Å². The van der Waals surface area contributed by atoms with Crippen LogP contribution in [0.25, 0.3) is 0 Å². The van der Waals surface area contributed by atoms with Gasteiger partial charge in [-0.15, -0.1) is 0 Å². The summed E-state index contributed by atoms with van der Waals surface area (Å²) in [5.74, 6) is 2.01. The molecule has 1 amide bonds. The molecule has 0 spiro atoms. The zero-order valence-electron chi connectivity index (χ0n) is 13.9. The Morgan fingerprint density at radius 1 is 1.33 bits per heavy atom. The van der Waals surface area contributed by atoms with Crippen molar-refractivity contribution < 1.29 is 18.5 Å². The molecule has 2 N–H and O–H groups in total. The predicted octanol–water partition coefficient (Wildman–Crippen LogP) is 1.07. The first kappa shape index (κ1) is 17.2. The van der Waals surface area contributed by atoms with Crippen LogP contribution in [-0.2, 0) is 15.6 Å². The van der Waals surface area contributed by atoms with Crippen molar-refractivity contribution in [3.63, 3.8) is 0 Å². The first-order valence-electron chi connectivity index (χ1n) is 8.41. The van der Waals surface area contributed by atoms with Crippen LogP contribution in [0.5, 0.6) is 11.5 Å². The van der Waals surface area contributed by atoms with Crippen LogP contribution in [-0.4, -0.2) is 48.2 Å². The minimum Gasteiger partial charge on any atom is -0.486 e. The largest absolute Gasteiger partial charge is 0.486 e. The first-order chi connectivity index (χ1) is 11.6. The van der Waals surface area contributed by atoms with Gasteiger partial charge in [0.05, 0.1) is 10.8 Å². The highest BCUT2D eigenvalue weighted by Crippen LogP contribution is 2.31. The molecule has 0 aliphatic carbocycles. The topological polar surface area (TPSA) is 76.7 Å². The smallest absolute Gasteiger partial charge is 0.221 e. The molecule has 3 atom stereocenters. The fraction of sp³-hybridized carbons (Fsp3) is 0.588. The molecule has 132 valence electrons. The average Bonchev–Trinajstić information content (AvgIpc) is 2.61. The lowest BCUT2D eigenvalue weighted by molar-refractivity contribution is -0.121. The quantitative estimate of drug-likeness (QED) is 0.829. The molecule has 2 heterocycles. The minimum absolute atomic E-state index is 0.0281. The summed E-state index contributed by atoms with van der Waals surface area (Å²) in [6.07, 6.45) is 1.20. The molecule has 2 aliphatic heterocycles. The van der Waals surface area contributed by atoms with Crippen LogP contribution in [0.2, 0.25) is 0 Å². The van der Waals surface area contributed by atoms with E-state index in [1.54, 1.807) is 18.2 Å². The zero-order chi connectivity index (χ0) is 16.9. The van der Waals surface area contributed by atoms with Gasteiger partial charge in [0.1, 0.15) is 13.2 Å². The van der Waals surface area contributed by atoms with E-state index in [0.717, 1.165) is 19.5 Å². The molecule has 3 unspecified atom stereocenters. The lowest BCUT2D eigenvalue weighted by Gasteiger charge is -2.30. The monoisotopic (exact) mass is 352 g/mol. The van der Waals surface area contributed by atoms with Crippen molar-refractivity contribution in [3.8, 4) is 11.5 Å². The SMILES string of the molecule is CC1CNCCC1NC(=O)CCS(=O)c1ccc2c(c1)OCCO2. The Balaban J connectivity index is 1.50. The number of ether oxygens (including phenoxy) is 2. The maximum atomic E-state index is 12.4. The summed E-state index contributed by atoms with van der Waals surface area (Å²) in [6.45, 7) is 5.02. The second-order valence-electron chi connectivity index (χ2n) is 6.25. The molecule has 0 radical (unpaired) electrons. The van der Waals surface area contributed by atoms with Gasteiger partial charge in [0.15, 0.2) is 11.5 Å². The molecular formula is C17H24N2O4S. The Hall–Kier alpha value is -1.60. The zero-order valence-corrected chi connectivity index (χ0v) is 14.7.